The first-order valence-electron chi connectivity index (χ1n) is 12.7. The Morgan fingerprint density at radius 2 is 1.81 bits per heavy atom. The van der Waals surface area contributed by atoms with Crippen molar-refractivity contribution in [3.8, 4) is 0 Å². The van der Waals surface area contributed by atoms with Gasteiger partial charge < -0.3 is 14.9 Å². The standard InChI is InChI=1S/C29H32F2O5S/c1-15-10-18-19-11-21(30)20-12-22(32)17(16-8-6-5-7-9-16)13-26(20,2)28(19,31)23(33)14-27(18,3)29(15,35)24(34)25(37)36-4/h5-9,12-13,15,18-19,21,23,33,35H,10-11,14H2,1-4H3/t15-,18+,19+,21+,23+,26+,27+,28+,29+/m1/s1. The highest BCUT2D eigenvalue weighted by molar-refractivity contribution is 7.81. The molecule has 2 N–H and O–H groups in total. The summed E-state index contributed by atoms with van der Waals surface area (Å²) in [5.41, 5.74) is -6.33. The van der Waals surface area contributed by atoms with Crippen molar-refractivity contribution in [1.82, 2.24) is 0 Å². The molecule has 9 atom stereocenters. The number of halogens is 2. The van der Waals surface area contributed by atoms with Crippen LogP contribution in [0.3, 0.4) is 0 Å². The van der Waals surface area contributed by atoms with E-state index < -0.39 is 63.7 Å². The molecule has 0 saturated heterocycles. The Hall–Kier alpha value is -2.29. The van der Waals surface area contributed by atoms with Gasteiger partial charge in [-0.2, -0.15) is 0 Å². The number of fused-ring (bicyclic) bond motifs is 5. The molecule has 4 aliphatic rings. The van der Waals surface area contributed by atoms with E-state index in [1.165, 1.54) is 19.3 Å². The number of ketones is 2. The molecule has 5 rings (SSSR count). The van der Waals surface area contributed by atoms with Crippen molar-refractivity contribution in [1.29, 1.82) is 0 Å². The third-order valence-electron chi connectivity index (χ3n) is 10.1. The van der Waals surface area contributed by atoms with E-state index in [2.05, 4.69) is 0 Å². The topological polar surface area (TPSA) is 83.8 Å². The van der Waals surface area contributed by atoms with E-state index in [-0.39, 0.29) is 35.5 Å². The van der Waals surface area contributed by atoms with Crippen molar-refractivity contribution in [2.45, 2.75) is 63.6 Å². The van der Waals surface area contributed by atoms with Crippen LogP contribution in [0.1, 0.15) is 45.6 Å². The Morgan fingerprint density at radius 3 is 2.43 bits per heavy atom. The summed E-state index contributed by atoms with van der Waals surface area (Å²) >= 11 is 5.06. The maximum atomic E-state index is 17.7. The van der Waals surface area contributed by atoms with Gasteiger partial charge in [0.25, 0.3) is 0 Å². The van der Waals surface area contributed by atoms with Crippen LogP contribution in [-0.2, 0) is 14.3 Å². The van der Waals surface area contributed by atoms with Crippen LogP contribution >= 0.6 is 12.2 Å². The molecule has 8 heteroatoms. The van der Waals surface area contributed by atoms with Gasteiger partial charge in [0.2, 0.25) is 10.8 Å². The van der Waals surface area contributed by atoms with Crippen molar-refractivity contribution < 1.29 is 33.3 Å². The third-order valence-corrected chi connectivity index (χ3v) is 10.5. The molecule has 4 aliphatic carbocycles. The van der Waals surface area contributed by atoms with E-state index in [1.807, 2.05) is 0 Å². The molecule has 0 aliphatic heterocycles. The molecule has 1 aromatic rings. The number of carbonyl (C=O) groups excluding carboxylic acids is 2. The summed E-state index contributed by atoms with van der Waals surface area (Å²) in [6.07, 6.45) is -0.814. The van der Waals surface area contributed by atoms with Gasteiger partial charge in [-0.1, -0.05) is 50.3 Å². The number of carbonyl (C=O) groups is 2. The first-order chi connectivity index (χ1) is 17.3. The van der Waals surface area contributed by atoms with Gasteiger partial charge in [-0.3, -0.25) is 9.59 Å². The molecular formula is C29H32F2O5S. The second kappa shape index (κ2) is 8.35. The Labute approximate surface area is 220 Å². The molecule has 0 aromatic heterocycles. The molecule has 1 aromatic carbocycles. The second-order valence-corrected chi connectivity index (χ2v) is 12.0. The first kappa shape index (κ1) is 26.3. The number of alkyl halides is 2. The number of rotatable bonds is 3. The summed E-state index contributed by atoms with van der Waals surface area (Å²) in [4.78, 5) is 26.3. The lowest BCUT2D eigenvalue weighted by atomic mass is 9.44. The molecule has 0 radical (unpaired) electrons. The van der Waals surface area contributed by atoms with E-state index in [0.717, 1.165) is 0 Å². The molecule has 0 spiro atoms. The number of benzene rings is 1. The fourth-order valence-electron chi connectivity index (χ4n) is 8.21. The van der Waals surface area contributed by atoms with Crippen molar-refractivity contribution in [3.05, 3.63) is 53.6 Å². The maximum Gasteiger partial charge on any atom is 0.241 e. The molecule has 37 heavy (non-hydrogen) atoms. The van der Waals surface area contributed by atoms with Crippen LogP contribution in [0.4, 0.5) is 8.78 Å². The van der Waals surface area contributed by atoms with Crippen molar-refractivity contribution in [3.63, 3.8) is 0 Å². The smallest absolute Gasteiger partial charge is 0.241 e. The number of methoxy groups -OCH3 is 1. The average molecular weight is 531 g/mol. The Balaban J connectivity index is 1.66. The van der Waals surface area contributed by atoms with Crippen molar-refractivity contribution >= 4 is 34.4 Å². The second-order valence-electron chi connectivity index (χ2n) is 11.6. The van der Waals surface area contributed by atoms with Gasteiger partial charge in [0, 0.05) is 22.3 Å². The number of aliphatic hydroxyl groups is 2. The van der Waals surface area contributed by atoms with E-state index >= 15 is 8.78 Å². The van der Waals surface area contributed by atoms with Crippen LogP contribution in [0.15, 0.2) is 48.1 Å². The summed E-state index contributed by atoms with van der Waals surface area (Å²) in [5.74, 6) is -3.42. The Kier molecular flexibility index (Phi) is 5.94. The van der Waals surface area contributed by atoms with E-state index in [0.29, 0.717) is 5.56 Å². The lowest BCUT2D eigenvalue weighted by Crippen LogP contribution is -2.70. The summed E-state index contributed by atoms with van der Waals surface area (Å²) in [5, 5.41) is 23.0. The van der Waals surface area contributed by atoms with Crippen LogP contribution in [0.5, 0.6) is 0 Å². The molecule has 3 fully saturated rings. The first-order valence-corrected chi connectivity index (χ1v) is 13.1. The highest BCUT2D eigenvalue weighted by Crippen LogP contribution is 2.71. The lowest BCUT2D eigenvalue weighted by Gasteiger charge is -2.63. The van der Waals surface area contributed by atoms with Crippen LogP contribution in [-0.4, -0.2) is 57.5 Å². The van der Waals surface area contributed by atoms with Crippen molar-refractivity contribution in [2.24, 2.45) is 28.6 Å². The van der Waals surface area contributed by atoms with Crippen LogP contribution in [0, 0.1) is 28.6 Å². The monoisotopic (exact) mass is 530 g/mol. The summed E-state index contributed by atoms with van der Waals surface area (Å²) in [7, 11) is 1.25. The van der Waals surface area contributed by atoms with Gasteiger partial charge in [-0.25, -0.2) is 8.78 Å². The lowest BCUT2D eigenvalue weighted by molar-refractivity contribution is -0.221. The number of aliphatic hydroxyl groups excluding tert-OH is 1. The number of Topliss-reactive ketones (excluding diaryl/α,β-unsaturated/α-hetero) is 1. The molecule has 3 saturated carbocycles. The normalized spacial score (nSPS) is 44.6. The van der Waals surface area contributed by atoms with E-state index in [1.54, 1.807) is 51.1 Å². The summed E-state index contributed by atoms with van der Waals surface area (Å²) in [6.45, 7) is 4.91. The molecule has 198 valence electrons. The maximum absolute atomic E-state index is 17.7. The molecule has 5 nitrogen and oxygen atoms in total. The van der Waals surface area contributed by atoms with Gasteiger partial charge in [0.05, 0.1) is 13.2 Å². The van der Waals surface area contributed by atoms with Gasteiger partial charge in [-0.15, -0.1) is 0 Å². The average Bonchev–Trinajstić information content (AvgIpc) is 3.07. The SMILES string of the molecule is COC(=S)C(=O)[C@@]1(O)[C@H](C)C[C@H]2[C@@H]3C[C@H](F)C4=CC(=O)C(c5ccccc5)=C[C@]4(C)[C@@]3(F)[C@@H](O)C[C@@]21C. The van der Waals surface area contributed by atoms with Gasteiger partial charge >= 0.3 is 0 Å². The zero-order valence-corrected chi connectivity index (χ0v) is 22.1. The number of hydrogen-bond donors (Lipinski definition) is 2. The molecule has 0 unspecified atom stereocenters. The quantitative estimate of drug-likeness (QED) is 0.566. The Bertz CT molecular complexity index is 1250. The number of thiocarbonyl (C=S) groups is 1. The van der Waals surface area contributed by atoms with Gasteiger partial charge in [0.15, 0.2) is 11.5 Å². The fourth-order valence-corrected chi connectivity index (χ4v) is 8.37. The minimum atomic E-state index is -2.33. The number of hydrogen-bond acceptors (Lipinski definition) is 6. The number of ether oxygens (including phenoxy) is 1. The minimum Gasteiger partial charge on any atom is -0.484 e. The molecular weight excluding hydrogens is 498 g/mol. The predicted octanol–water partition coefficient (Wildman–Crippen LogP) is 4.35. The van der Waals surface area contributed by atoms with E-state index in [9.17, 15) is 19.8 Å². The third kappa shape index (κ3) is 3.15. The molecule has 0 bridgehead atoms. The highest BCUT2D eigenvalue weighted by Gasteiger charge is 2.77. The minimum absolute atomic E-state index is 0.0246. The highest BCUT2D eigenvalue weighted by atomic mass is 32.1. The van der Waals surface area contributed by atoms with Crippen LogP contribution in [0.2, 0.25) is 0 Å². The van der Waals surface area contributed by atoms with Crippen molar-refractivity contribution in [2.75, 3.05) is 7.11 Å². The number of allylic oxidation sites excluding steroid dienone is 4. The molecule has 0 amide bonds. The zero-order chi connectivity index (χ0) is 27.1. The fraction of sp³-hybridized carbons (Fsp3) is 0.552. The molecule has 0 heterocycles. The predicted molar refractivity (Wildman–Crippen MR) is 138 cm³/mol. The Morgan fingerprint density at radius 1 is 1.16 bits per heavy atom. The summed E-state index contributed by atoms with van der Waals surface area (Å²) < 4.78 is 38.5. The van der Waals surface area contributed by atoms with Gasteiger partial charge in [-0.05, 0) is 67.5 Å². The van der Waals surface area contributed by atoms with Crippen LogP contribution in [0.25, 0.3) is 5.57 Å². The largest absolute Gasteiger partial charge is 0.484 e. The zero-order valence-electron chi connectivity index (χ0n) is 21.3. The van der Waals surface area contributed by atoms with Crippen LogP contribution < -0.4 is 0 Å². The van der Waals surface area contributed by atoms with E-state index in [4.69, 9.17) is 17.0 Å². The summed E-state index contributed by atoms with van der Waals surface area (Å²) in [6, 6.07) is 8.81. The van der Waals surface area contributed by atoms with Gasteiger partial charge in [0.1, 0.15) is 11.8 Å².